The summed E-state index contributed by atoms with van der Waals surface area (Å²) in [7, 11) is -3.48. The van der Waals surface area contributed by atoms with Gasteiger partial charge in [-0.15, -0.1) is 0 Å². The highest BCUT2D eigenvalue weighted by Gasteiger charge is 2.42. The van der Waals surface area contributed by atoms with Gasteiger partial charge in [-0.3, -0.25) is 9.80 Å². The van der Waals surface area contributed by atoms with Gasteiger partial charge in [-0.2, -0.15) is 4.31 Å². The molecule has 1 aliphatic carbocycles. The van der Waals surface area contributed by atoms with E-state index in [9.17, 15) is 8.42 Å². The molecular formula is C18H30N4O3S. The van der Waals surface area contributed by atoms with Crippen molar-refractivity contribution in [2.45, 2.75) is 62.9 Å². The monoisotopic (exact) mass is 382 g/mol. The van der Waals surface area contributed by atoms with Crippen LogP contribution in [-0.2, 0) is 10.0 Å². The molecule has 0 bridgehead atoms. The summed E-state index contributed by atoms with van der Waals surface area (Å²) in [6.45, 7) is 8.86. The van der Waals surface area contributed by atoms with Gasteiger partial charge in [0.25, 0.3) is 0 Å². The zero-order valence-corrected chi connectivity index (χ0v) is 16.7. The summed E-state index contributed by atoms with van der Waals surface area (Å²) in [5.74, 6) is 0.382. The maximum atomic E-state index is 12.8. The lowest BCUT2D eigenvalue weighted by atomic mass is 9.93. The van der Waals surface area contributed by atoms with Crippen molar-refractivity contribution in [1.29, 1.82) is 0 Å². The van der Waals surface area contributed by atoms with Gasteiger partial charge in [-0.05, 0) is 26.7 Å². The van der Waals surface area contributed by atoms with Gasteiger partial charge in [0.1, 0.15) is 10.6 Å². The molecule has 0 N–H and O–H groups in total. The number of aromatic nitrogens is 1. The van der Waals surface area contributed by atoms with Gasteiger partial charge in [0.15, 0.2) is 5.76 Å². The van der Waals surface area contributed by atoms with Crippen molar-refractivity contribution in [3.63, 3.8) is 0 Å². The molecule has 7 nitrogen and oxygen atoms in total. The van der Waals surface area contributed by atoms with Crippen LogP contribution in [0.5, 0.6) is 0 Å². The Hall–Kier alpha value is -0.960. The predicted octanol–water partition coefficient (Wildman–Crippen LogP) is 1.61. The van der Waals surface area contributed by atoms with Gasteiger partial charge in [-0.1, -0.05) is 24.4 Å². The molecule has 8 heteroatoms. The van der Waals surface area contributed by atoms with Crippen LogP contribution in [0.25, 0.3) is 0 Å². The lowest BCUT2D eigenvalue weighted by molar-refractivity contribution is 0.0202. The first kappa shape index (κ1) is 18.4. The summed E-state index contributed by atoms with van der Waals surface area (Å²) < 4.78 is 32.2. The van der Waals surface area contributed by atoms with E-state index in [0.29, 0.717) is 30.6 Å². The molecule has 3 fully saturated rings. The number of piperazine rings is 1. The van der Waals surface area contributed by atoms with Crippen LogP contribution in [-0.4, -0.2) is 79.0 Å². The summed E-state index contributed by atoms with van der Waals surface area (Å²) in [4.78, 5) is 5.38. The molecule has 3 aliphatic rings. The Morgan fingerprint density at radius 1 is 0.923 bits per heavy atom. The normalized spacial score (nSPS) is 25.5. The Morgan fingerprint density at radius 2 is 1.50 bits per heavy atom. The van der Waals surface area contributed by atoms with Crippen molar-refractivity contribution in [2.75, 3.05) is 39.3 Å². The van der Waals surface area contributed by atoms with Crippen LogP contribution >= 0.6 is 0 Å². The second-order valence-corrected chi connectivity index (χ2v) is 9.87. The first-order valence-electron chi connectivity index (χ1n) is 9.88. The van der Waals surface area contributed by atoms with Crippen LogP contribution in [0.1, 0.15) is 43.6 Å². The zero-order valence-electron chi connectivity index (χ0n) is 15.9. The van der Waals surface area contributed by atoms with Crippen LogP contribution in [0.3, 0.4) is 0 Å². The van der Waals surface area contributed by atoms with Crippen molar-refractivity contribution in [1.82, 2.24) is 19.3 Å². The smallest absolute Gasteiger partial charge is 0.248 e. The highest BCUT2D eigenvalue weighted by molar-refractivity contribution is 7.89. The fourth-order valence-electron chi connectivity index (χ4n) is 4.73. The van der Waals surface area contributed by atoms with E-state index < -0.39 is 10.0 Å². The van der Waals surface area contributed by atoms with Crippen molar-refractivity contribution in [3.8, 4) is 0 Å². The lowest BCUT2D eigenvalue weighted by Crippen LogP contribution is -2.64. The summed E-state index contributed by atoms with van der Waals surface area (Å²) in [6.07, 6.45) is 6.86. The second kappa shape index (κ2) is 7.22. The van der Waals surface area contributed by atoms with Gasteiger partial charge < -0.3 is 4.52 Å². The van der Waals surface area contributed by atoms with E-state index in [1.807, 2.05) is 0 Å². The highest BCUT2D eigenvalue weighted by atomic mass is 32.2. The molecule has 2 aliphatic heterocycles. The molecule has 2 saturated heterocycles. The van der Waals surface area contributed by atoms with E-state index in [1.54, 1.807) is 18.2 Å². The third kappa shape index (κ3) is 3.32. The second-order valence-electron chi connectivity index (χ2n) is 7.99. The van der Waals surface area contributed by atoms with Crippen LogP contribution in [0.2, 0.25) is 0 Å². The molecule has 3 heterocycles. The van der Waals surface area contributed by atoms with Crippen LogP contribution in [0, 0.1) is 13.8 Å². The number of nitrogens with zero attached hydrogens (tertiary/aromatic N) is 4. The maximum absolute atomic E-state index is 12.8. The Kier molecular flexibility index (Phi) is 5.11. The Balaban J connectivity index is 1.30. The van der Waals surface area contributed by atoms with Crippen molar-refractivity contribution >= 4 is 10.0 Å². The number of sulfonamides is 1. The average Bonchev–Trinajstić information content (AvgIpc) is 2.94. The van der Waals surface area contributed by atoms with Gasteiger partial charge >= 0.3 is 0 Å². The molecular weight excluding hydrogens is 352 g/mol. The molecule has 0 aromatic carbocycles. The van der Waals surface area contributed by atoms with E-state index >= 15 is 0 Å². The minimum Gasteiger partial charge on any atom is -0.360 e. The molecule has 1 aromatic rings. The zero-order chi connectivity index (χ0) is 18.3. The van der Waals surface area contributed by atoms with Crippen LogP contribution in [0.4, 0.5) is 0 Å². The molecule has 146 valence electrons. The first-order chi connectivity index (χ1) is 12.5. The van der Waals surface area contributed by atoms with E-state index in [4.69, 9.17) is 4.52 Å². The maximum Gasteiger partial charge on any atom is 0.248 e. The highest BCUT2D eigenvalue weighted by Crippen LogP contribution is 2.29. The third-order valence-electron chi connectivity index (χ3n) is 6.35. The molecule has 0 amide bonds. The van der Waals surface area contributed by atoms with E-state index in [0.717, 1.165) is 32.2 Å². The van der Waals surface area contributed by atoms with Crippen molar-refractivity contribution in [2.24, 2.45) is 0 Å². The molecule has 0 atom stereocenters. The Bertz CT molecular complexity index is 708. The molecule has 0 spiro atoms. The van der Waals surface area contributed by atoms with Gasteiger partial charge in [0.05, 0.1) is 0 Å². The Morgan fingerprint density at radius 3 is 2.04 bits per heavy atom. The molecule has 1 aromatic heterocycles. The molecule has 0 radical (unpaired) electrons. The van der Waals surface area contributed by atoms with Gasteiger partial charge in [-0.25, -0.2) is 8.42 Å². The minimum atomic E-state index is -3.48. The summed E-state index contributed by atoms with van der Waals surface area (Å²) in [5.41, 5.74) is 0.451. The van der Waals surface area contributed by atoms with E-state index in [-0.39, 0.29) is 4.90 Å². The molecule has 0 unspecified atom stereocenters. The topological polar surface area (TPSA) is 69.9 Å². The number of hydrogen-bond acceptors (Lipinski definition) is 6. The molecule has 1 saturated carbocycles. The van der Waals surface area contributed by atoms with E-state index in [1.165, 1.54) is 32.1 Å². The number of aryl methyl sites for hydroxylation is 2. The van der Waals surface area contributed by atoms with Crippen molar-refractivity contribution < 1.29 is 12.9 Å². The molecule has 4 rings (SSSR count). The first-order valence-corrected chi connectivity index (χ1v) is 11.3. The fraction of sp³-hybridized carbons (Fsp3) is 0.833. The van der Waals surface area contributed by atoms with Crippen molar-refractivity contribution in [3.05, 3.63) is 11.5 Å². The quantitative estimate of drug-likeness (QED) is 0.788. The third-order valence-corrected chi connectivity index (χ3v) is 8.43. The number of hydrogen-bond donors (Lipinski definition) is 0. The number of rotatable bonds is 4. The van der Waals surface area contributed by atoms with E-state index in [2.05, 4.69) is 15.0 Å². The summed E-state index contributed by atoms with van der Waals surface area (Å²) in [5, 5.41) is 3.79. The minimum absolute atomic E-state index is 0.248. The largest absolute Gasteiger partial charge is 0.360 e. The SMILES string of the molecule is Cc1noc(C)c1S(=O)(=O)N1CC(N2CCN(C3CCCCC3)CC2)C1. The average molecular weight is 383 g/mol. The van der Waals surface area contributed by atoms with Crippen LogP contribution < -0.4 is 0 Å². The van der Waals surface area contributed by atoms with Crippen LogP contribution in [0.15, 0.2) is 9.42 Å². The Labute approximate surface area is 156 Å². The van der Waals surface area contributed by atoms with Gasteiger partial charge in [0.2, 0.25) is 10.0 Å². The van der Waals surface area contributed by atoms with Gasteiger partial charge in [0, 0.05) is 51.4 Å². The predicted molar refractivity (Wildman–Crippen MR) is 98.5 cm³/mol. The standard InChI is InChI=1S/C18H30N4O3S/c1-14-18(15(2)25-19-14)26(23,24)22-12-17(13-22)21-10-8-20(9-11-21)16-6-4-3-5-7-16/h16-17H,3-13H2,1-2H3. The summed E-state index contributed by atoms with van der Waals surface area (Å²) in [6, 6.07) is 1.13. The lowest BCUT2D eigenvalue weighted by Gasteiger charge is -2.48. The fourth-order valence-corrected chi connectivity index (χ4v) is 6.54. The molecule has 26 heavy (non-hydrogen) atoms. The summed E-state index contributed by atoms with van der Waals surface area (Å²) >= 11 is 0.